The SMILES string of the molecule is COc1ccc(CC(C(=O)OC2CC(C)N(C)C(C)C2)c2ccccc2)cc1. The summed E-state index contributed by atoms with van der Waals surface area (Å²) < 4.78 is 11.3. The number of hydrogen-bond acceptors (Lipinski definition) is 4. The number of piperidine rings is 1. The molecular formula is C24H31NO3. The van der Waals surface area contributed by atoms with Gasteiger partial charge in [-0.25, -0.2) is 0 Å². The van der Waals surface area contributed by atoms with E-state index in [0.29, 0.717) is 18.5 Å². The molecule has 4 nitrogen and oxygen atoms in total. The van der Waals surface area contributed by atoms with Crippen LogP contribution in [0.5, 0.6) is 5.75 Å². The molecule has 28 heavy (non-hydrogen) atoms. The quantitative estimate of drug-likeness (QED) is 0.694. The van der Waals surface area contributed by atoms with Gasteiger partial charge in [0.2, 0.25) is 0 Å². The predicted molar refractivity (Wildman–Crippen MR) is 112 cm³/mol. The zero-order chi connectivity index (χ0) is 20.1. The lowest BCUT2D eigenvalue weighted by molar-refractivity contribution is -0.155. The summed E-state index contributed by atoms with van der Waals surface area (Å²) in [6.07, 6.45) is 2.37. The molecule has 0 spiro atoms. The second-order valence-corrected chi connectivity index (χ2v) is 7.91. The zero-order valence-electron chi connectivity index (χ0n) is 17.3. The average Bonchev–Trinajstić information content (AvgIpc) is 2.71. The molecule has 0 saturated carbocycles. The van der Waals surface area contributed by atoms with Crippen LogP contribution in [-0.2, 0) is 16.0 Å². The molecule has 2 aromatic carbocycles. The maximum atomic E-state index is 13.2. The van der Waals surface area contributed by atoms with Crippen molar-refractivity contribution < 1.29 is 14.3 Å². The van der Waals surface area contributed by atoms with Crippen LogP contribution in [0.2, 0.25) is 0 Å². The van der Waals surface area contributed by atoms with Crippen LogP contribution in [0.3, 0.4) is 0 Å². The summed E-state index contributed by atoms with van der Waals surface area (Å²) >= 11 is 0. The number of carbonyl (C=O) groups is 1. The van der Waals surface area contributed by atoms with Gasteiger partial charge in [0.1, 0.15) is 11.9 Å². The fourth-order valence-electron chi connectivity index (χ4n) is 3.99. The third kappa shape index (κ3) is 4.93. The van der Waals surface area contributed by atoms with Crippen molar-refractivity contribution in [1.82, 2.24) is 4.90 Å². The van der Waals surface area contributed by atoms with Gasteiger partial charge in [0.05, 0.1) is 13.0 Å². The van der Waals surface area contributed by atoms with Crippen molar-refractivity contribution in [1.29, 1.82) is 0 Å². The average molecular weight is 382 g/mol. The Kier molecular flexibility index (Phi) is 6.74. The van der Waals surface area contributed by atoms with E-state index in [1.54, 1.807) is 7.11 Å². The minimum atomic E-state index is -0.306. The molecule has 3 rings (SSSR count). The van der Waals surface area contributed by atoms with Gasteiger partial charge in [0.25, 0.3) is 0 Å². The van der Waals surface area contributed by atoms with E-state index in [9.17, 15) is 4.79 Å². The summed E-state index contributed by atoms with van der Waals surface area (Å²) in [5.74, 6) is 0.382. The zero-order valence-corrected chi connectivity index (χ0v) is 17.3. The van der Waals surface area contributed by atoms with Gasteiger partial charge in [-0.3, -0.25) is 4.79 Å². The molecule has 3 unspecified atom stereocenters. The van der Waals surface area contributed by atoms with E-state index in [1.807, 2.05) is 54.6 Å². The molecule has 0 aliphatic carbocycles. The van der Waals surface area contributed by atoms with E-state index in [4.69, 9.17) is 9.47 Å². The maximum absolute atomic E-state index is 13.2. The molecule has 150 valence electrons. The molecule has 4 heteroatoms. The number of benzene rings is 2. The Hall–Kier alpha value is -2.33. The number of esters is 1. The number of nitrogens with zero attached hydrogens (tertiary/aromatic N) is 1. The first kappa shape index (κ1) is 20.4. The Morgan fingerprint density at radius 2 is 1.64 bits per heavy atom. The molecular weight excluding hydrogens is 350 g/mol. The lowest BCUT2D eigenvalue weighted by atomic mass is 9.91. The van der Waals surface area contributed by atoms with E-state index in [1.165, 1.54) is 0 Å². The molecule has 0 N–H and O–H groups in total. The summed E-state index contributed by atoms with van der Waals surface area (Å²) in [7, 11) is 3.80. The highest BCUT2D eigenvalue weighted by Crippen LogP contribution is 2.28. The number of carbonyl (C=O) groups excluding carboxylic acids is 1. The van der Waals surface area contributed by atoms with Gasteiger partial charge < -0.3 is 14.4 Å². The summed E-state index contributed by atoms with van der Waals surface area (Å²) in [6.45, 7) is 4.39. The normalized spacial score (nSPS) is 23.8. The fourth-order valence-corrected chi connectivity index (χ4v) is 3.99. The van der Waals surface area contributed by atoms with Crippen LogP contribution in [0.25, 0.3) is 0 Å². The minimum absolute atomic E-state index is 0.0178. The lowest BCUT2D eigenvalue weighted by Crippen LogP contribution is -2.47. The fraction of sp³-hybridized carbons (Fsp3) is 0.458. The summed E-state index contributed by atoms with van der Waals surface area (Å²) in [4.78, 5) is 15.5. The third-order valence-electron chi connectivity index (χ3n) is 5.97. The van der Waals surface area contributed by atoms with E-state index in [2.05, 4.69) is 25.8 Å². The Bertz CT molecular complexity index is 747. The van der Waals surface area contributed by atoms with Crippen molar-refractivity contribution in [2.45, 2.75) is 57.2 Å². The number of methoxy groups -OCH3 is 1. The smallest absolute Gasteiger partial charge is 0.314 e. The second-order valence-electron chi connectivity index (χ2n) is 7.91. The van der Waals surface area contributed by atoms with Crippen LogP contribution in [0.4, 0.5) is 0 Å². The third-order valence-corrected chi connectivity index (χ3v) is 5.97. The first-order valence-electron chi connectivity index (χ1n) is 10.1. The Morgan fingerprint density at radius 1 is 1.04 bits per heavy atom. The highest BCUT2D eigenvalue weighted by atomic mass is 16.5. The van der Waals surface area contributed by atoms with Gasteiger partial charge >= 0.3 is 5.97 Å². The molecule has 1 aliphatic rings. The standard InChI is InChI=1S/C24H31NO3/c1-17-14-22(15-18(2)25(17)3)28-24(26)23(20-8-6-5-7-9-20)16-19-10-12-21(27-4)13-11-19/h5-13,17-18,22-23H,14-16H2,1-4H3. The van der Waals surface area contributed by atoms with Crippen molar-refractivity contribution in [3.05, 3.63) is 65.7 Å². The first-order valence-corrected chi connectivity index (χ1v) is 10.1. The Morgan fingerprint density at radius 3 is 2.21 bits per heavy atom. The minimum Gasteiger partial charge on any atom is -0.497 e. The van der Waals surface area contributed by atoms with Crippen LogP contribution in [0.15, 0.2) is 54.6 Å². The second kappa shape index (κ2) is 9.24. The summed E-state index contributed by atoms with van der Waals surface area (Å²) in [5, 5.41) is 0. The first-order chi connectivity index (χ1) is 13.5. The van der Waals surface area contributed by atoms with Gasteiger partial charge in [-0.1, -0.05) is 42.5 Å². The summed E-state index contributed by atoms with van der Waals surface area (Å²) in [5.41, 5.74) is 2.09. The van der Waals surface area contributed by atoms with Crippen LogP contribution in [0, 0.1) is 0 Å². The summed E-state index contributed by atoms with van der Waals surface area (Å²) in [6, 6.07) is 18.7. The van der Waals surface area contributed by atoms with Gasteiger partial charge in [0.15, 0.2) is 0 Å². The molecule has 0 bridgehead atoms. The van der Waals surface area contributed by atoms with Crippen molar-refractivity contribution >= 4 is 5.97 Å². The number of rotatable bonds is 6. The van der Waals surface area contributed by atoms with Crippen molar-refractivity contribution in [3.63, 3.8) is 0 Å². The van der Waals surface area contributed by atoms with Gasteiger partial charge in [-0.2, -0.15) is 0 Å². The van der Waals surface area contributed by atoms with Gasteiger partial charge in [-0.05, 0) is 63.4 Å². The van der Waals surface area contributed by atoms with E-state index in [-0.39, 0.29) is 18.0 Å². The van der Waals surface area contributed by atoms with Crippen LogP contribution in [0.1, 0.15) is 43.7 Å². The molecule has 0 aromatic heterocycles. The number of hydrogen-bond donors (Lipinski definition) is 0. The van der Waals surface area contributed by atoms with Crippen molar-refractivity contribution in [2.24, 2.45) is 0 Å². The van der Waals surface area contributed by atoms with E-state index >= 15 is 0 Å². The van der Waals surface area contributed by atoms with Gasteiger partial charge in [0, 0.05) is 12.1 Å². The molecule has 3 atom stereocenters. The molecule has 1 aliphatic heterocycles. The van der Waals surface area contributed by atoms with Crippen LogP contribution in [-0.4, -0.2) is 43.2 Å². The topological polar surface area (TPSA) is 38.8 Å². The van der Waals surface area contributed by atoms with Gasteiger partial charge in [-0.15, -0.1) is 0 Å². The molecule has 1 saturated heterocycles. The lowest BCUT2D eigenvalue weighted by Gasteiger charge is -2.40. The predicted octanol–water partition coefficient (Wildman–Crippen LogP) is 4.44. The highest BCUT2D eigenvalue weighted by molar-refractivity contribution is 5.78. The van der Waals surface area contributed by atoms with Crippen molar-refractivity contribution in [2.75, 3.05) is 14.2 Å². The van der Waals surface area contributed by atoms with E-state index < -0.39 is 0 Å². The highest BCUT2D eigenvalue weighted by Gasteiger charge is 2.32. The largest absolute Gasteiger partial charge is 0.497 e. The van der Waals surface area contributed by atoms with Crippen LogP contribution >= 0.6 is 0 Å². The molecule has 0 amide bonds. The van der Waals surface area contributed by atoms with Crippen molar-refractivity contribution in [3.8, 4) is 5.75 Å². The molecule has 2 aromatic rings. The monoisotopic (exact) mass is 381 g/mol. The molecule has 1 heterocycles. The molecule has 0 radical (unpaired) electrons. The van der Waals surface area contributed by atoms with E-state index in [0.717, 1.165) is 29.7 Å². The molecule has 1 fully saturated rings. The Balaban J connectivity index is 1.75. The maximum Gasteiger partial charge on any atom is 0.314 e. The number of ether oxygens (including phenoxy) is 2. The number of likely N-dealkylation sites (tertiary alicyclic amines) is 1. The van der Waals surface area contributed by atoms with Crippen LogP contribution < -0.4 is 4.74 Å². The Labute approximate surface area is 168 Å².